The molecule has 0 saturated carbocycles. The van der Waals surface area contributed by atoms with Gasteiger partial charge in [0.2, 0.25) is 0 Å². The van der Waals surface area contributed by atoms with Gasteiger partial charge in [-0.3, -0.25) is 5.32 Å². The van der Waals surface area contributed by atoms with Crippen molar-refractivity contribution in [3.05, 3.63) is 47.0 Å². The van der Waals surface area contributed by atoms with Crippen molar-refractivity contribution in [1.29, 1.82) is 0 Å². The molecule has 0 bridgehead atoms. The first-order chi connectivity index (χ1) is 10.2. The molecule has 1 aliphatic rings. The van der Waals surface area contributed by atoms with Crippen LogP contribution in [0.2, 0.25) is 0 Å². The van der Waals surface area contributed by atoms with Gasteiger partial charge >= 0.3 is 6.09 Å². The number of nitrogens with one attached hydrogen (secondary N) is 1. The monoisotopic (exact) mass is 306 g/mol. The van der Waals surface area contributed by atoms with E-state index in [1.165, 1.54) is 11.3 Å². The number of aliphatic hydroxyl groups is 1. The van der Waals surface area contributed by atoms with Gasteiger partial charge in [-0.1, -0.05) is 41.7 Å². The number of carbonyl (C=O) groups excluding carboxylic acids is 1. The largest absolute Gasteiger partial charge is 0.444 e. The summed E-state index contributed by atoms with van der Waals surface area (Å²) in [5.41, 5.74) is -0.0562. The van der Waals surface area contributed by atoms with Gasteiger partial charge in [0, 0.05) is 6.20 Å². The van der Waals surface area contributed by atoms with Crippen molar-refractivity contribution in [2.45, 2.75) is 12.2 Å². The quantitative estimate of drug-likeness (QED) is 0.904. The molecule has 1 saturated heterocycles. The molecule has 1 amide bonds. The van der Waals surface area contributed by atoms with Gasteiger partial charge in [0.05, 0.1) is 18.1 Å². The minimum Gasteiger partial charge on any atom is -0.444 e. The standard InChI is InChI=1S/C14H14N2O4S/c17-13(20-7-10-4-2-1-3-5-10)16-12-15-6-11(21-12)14(18)8-19-9-14/h1-6,18H,7-9H2,(H,15,16,17). The Labute approximate surface area is 125 Å². The highest BCUT2D eigenvalue weighted by Crippen LogP contribution is 2.34. The number of rotatable bonds is 4. The summed E-state index contributed by atoms with van der Waals surface area (Å²) in [6, 6.07) is 9.41. The predicted molar refractivity (Wildman–Crippen MR) is 77.1 cm³/mol. The maximum Gasteiger partial charge on any atom is 0.413 e. The van der Waals surface area contributed by atoms with E-state index in [4.69, 9.17) is 9.47 Å². The summed E-state index contributed by atoms with van der Waals surface area (Å²) >= 11 is 1.21. The zero-order valence-corrected chi connectivity index (χ0v) is 11.9. The number of amides is 1. The average molecular weight is 306 g/mol. The summed E-state index contributed by atoms with van der Waals surface area (Å²) < 4.78 is 10.1. The molecule has 2 N–H and O–H groups in total. The lowest BCUT2D eigenvalue weighted by Crippen LogP contribution is -2.45. The van der Waals surface area contributed by atoms with Crippen LogP contribution in [0, 0.1) is 0 Å². The minimum absolute atomic E-state index is 0.197. The van der Waals surface area contributed by atoms with E-state index in [1.807, 2.05) is 30.3 Å². The molecule has 0 radical (unpaired) electrons. The third kappa shape index (κ3) is 3.21. The lowest BCUT2D eigenvalue weighted by molar-refractivity contribution is -0.182. The van der Waals surface area contributed by atoms with Crippen molar-refractivity contribution < 1.29 is 19.4 Å². The summed E-state index contributed by atoms with van der Waals surface area (Å²) in [7, 11) is 0. The number of benzene rings is 1. The summed E-state index contributed by atoms with van der Waals surface area (Å²) in [6.07, 6.45) is 0.969. The van der Waals surface area contributed by atoms with Crippen LogP contribution in [0.3, 0.4) is 0 Å². The number of thiazole rings is 1. The first-order valence-electron chi connectivity index (χ1n) is 6.40. The fraction of sp³-hybridized carbons (Fsp3) is 0.286. The maximum atomic E-state index is 11.7. The van der Waals surface area contributed by atoms with Gasteiger partial charge in [-0.15, -0.1) is 0 Å². The van der Waals surface area contributed by atoms with Crippen LogP contribution >= 0.6 is 11.3 Å². The highest BCUT2D eigenvalue weighted by atomic mass is 32.1. The van der Waals surface area contributed by atoms with E-state index < -0.39 is 11.7 Å². The molecule has 110 valence electrons. The van der Waals surface area contributed by atoms with Crippen LogP contribution in [-0.4, -0.2) is 29.4 Å². The van der Waals surface area contributed by atoms with Crippen LogP contribution in [0.4, 0.5) is 9.93 Å². The Bertz CT molecular complexity index is 625. The smallest absolute Gasteiger partial charge is 0.413 e. The molecule has 1 aliphatic heterocycles. The van der Waals surface area contributed by atoms with Crippen LogP contribution < -0.4 is 5.32 Å². The summed E-state index contributed by atoms with van der Waals surface area (Å²) in [6.45, 7) is 0.711. The minimum atomic E-state index is -0.967. The molecule has 0 aliphatic carbocycles. The Balaban J connectivity index is 1.53. The van der Waals surface area contributed by atoms with Gasteiger partial charge in [-0.05, 0) is 5.56 Å². The van der Waals surface area contributed by atoms with Crippen LogP contribution in [-0.2, 0) is 21.7 Å². The predicted octanol–water partition coefficient (Wildman–Crippen LogP) is 2.11. The zero-order valence-electron chi connectivity index (χ0n) is 11.1. The Morgan fingerprint density at radius 3 is 2.86 bits per heavy atom. The van der Waals surface area contributed by atoms with Crippen molar-refractivity contribution >= 4 is 22.6 Å². The van der Waals surface area contributed by atoms with Crippen molar-refractivity contribution in [2.24, 2.45) is 0 Å². The number of carbonyl (C=O) groups is 1. The molecular formula is C14H14N2O4S. The van der Waals surface area contributed by atoms with E-state index in [9.17, 15) is 9.90 Å². The SMILES string of the molecule is O=C(Nc1ncc(C2(O)COC2)s1)OCc1ccccc1. The molecule has 2 heterocycles. The van der Waals surface area contributed by atoms with E-state index in [-0.39, 0.29) is 19.8 Å². The van der Waals surface area contributed by atoms with Gasteiger partial charge in [0.15, 0.2) is 5.13 Å². The van der Waals surface area contributed by atoms with E-state index in [2.05, 4.69) is 10.3 Å². The fourth-order valence-electron chi connectivity index (χ4n) is 1.83. The third-order valence-corrected chi connectivity index (χ3v) is 4.17. The summed E-state index contributed by atoms with van der Waals surface area (Å²) in [5.74, 6) is 0. The van der Waals surface area contributed by atoms with E-state index >= 15 is 0 Å². The van der Waals surface area contributed by atoms with Gasteiger partial charge in [0.1, 0.15) is 12.2 Å². The Hall–Kier alpha value is -1.96. The topological polar surface area (TPSA) is 80.7 Å². The number of hydrogen-bond donors (Lipinski definition) is 2. The third-order valence-electron chi connectivity index (χ3n) is 3.07. The summed E-state index contributed by atoms with van der Waals surface area (Å²) in [4.78, 5) is 16.4. The van der Waals surface area contributed by atoms with E-state index in [1.54, 1.807) is 6.20 Å². The van der Waals surface area contributed by atoms with E-state index in [0.29, 0.717) is 10.0 Å². The first kappa shape index (κ1) is 14.0. The lowest BCUT2D eigenvalue weighted by atomic mass is 10.0. The number of anilines is 1. The average Bonchev–Trinajstić information content (AvgIpc) is 2.92. The second-order valence-corrected chi connectivity index (χ2v) is 5.77. The molecule has 6 nitrogen and oxygen atoms in total. The van der Waals surface area contributed by atoms with Crippen LogP contribution in [0.25, 0.3) is 0 Å². The molecule has 1 aromatic heterocycles. The van der Waals surface area contributed by atoms with Gasteiger partial charge < -0.3 is 14.6 Å². The van der Waals surface area contributed by atoms with Crippen LogP contribution in [0.1, 0.15) is 10.4 Å². The van der Waals surface area contributed by atoms with Crippen molar-refractivity contribution in [2.75, 3.05) is 18.5 Å². The molecular weight excluding hydrogens is 292 g/mol. The highest BCUT2D eigenvalue weighted by molar-refractivity contribution is 7.15. The normalized spacial score (nSPS) is 16.0. The molecule has 0 atom stereocenters. The molecule has 3 rings (SSSR count). The number of ether oxygens (including phenoxy) is 2. The van der Waals surface area contributed by atoms with Crippen molar-refractivity contribution in [3.63, 3.8) is 0 Å². The maximum absolute atomic E-state index is 11.7. The molecule has 1 fully saturated rings. The second-order valence-electron chi connectivity index (χ2n) is 4.74. The number of hydrogen-bond acceptors (Lipinski definition) is 6. The number of nitrogens with zero attached hydrogens (tertiary/aromatic N) is 1. The fourth-order valence-corrected chi connectivity index (χ4v) is 2.69. The molecule has 7 heteroatoms. The Morgan fingerprint density at radius 2 is 2.19 bits per heavy atom. The Morgan fingerprint density at radius 1 is 1.43 bits per heavy atom. The van der Waals surface area contributed by atoms with Crippen LogP contribution in [0.5, 0.6) is 0 Å². The van der Waals surface area contributed by atoms with Gasteiger partial charge in [-0.25, -0.2) is 9.78 Å². The second kappa shape index (κ2) is 5.80. The van der Waals surface area contributed by atoms with Crippen molar-refractivity contribution in [3.8, 4) is 0 Å². The molecule has 0 spiro atoms. The number of aromatic nitrogens is 1. The van der Waals surface area contributed by atoms with Crippen molar-refractivity contribution in [1.82, 2.24) is 4.98 Å². The Kier molecular flexibility index (Phi) is 3.87. The molecule has 1 aromatic carbocycles. The zero-order chi connectivity index (χ0) is 14.7. The first-order valence-corrected chi connectivity index (χ1v) is 7.21. The summed E-state index contributed by atoms with van der Waals surface area (Å²) in [5, 5.41) is 13.0. The molecule has 0 unspecified atom stereocenters. The lowest BCUT2D eigenvalue weighted by Gasteiger charge is -2.34. The van der Waals surface area contributed by atoms with E-state index in [0.717, 1.165) is 5.56 Å². The van der Waals surface area contributed by atoms with Gasteiger partial charge in [0.25, 0.3) is 0 Å². The molecule has 21 heavy (non-hydrogen) atoms. The van der Waals surface area contributed by atoms with Crippen LogP contribution in [0.15, 0.2) is 36.5 Å². The molecule has 2 aromatic rings. The van der Waals surface area contributed by atoms with Gasteiger partial charge in [-0.2, -0.15) is 0 Å². The highest BCUT2D eigenvalue weighted by Gasteiger charge is 2.39.